The summed E-state index contributed by atoms with van der Waals surface area (Å²) in [6, 6.07) is 8.65. The first kappa shape index (κ1) is 14.2. The van der Waals surface area contributed by atoms with E-state index in [4.69, 9.17) is 4.74 Å². The molecule has 0 atom stereocenters. The number of hydrogen-bond acceptors (Lipinski definition) is 2. The van der Waals surface area contributed by atoms with Crippen LogP contribution in [0.2, 0.25) is 0 Å². The largest absolute Gasteiger partial charge is 0.485 e. The molecule has 0 aliphatic heterocycles. The highest BCUT2D eigenvalue weighted by Crippen LogP contribution is 2.19. The van der Waals surface area contributed by atoms with Crippen LogP contribution in [0.3, 0.4) is 0 Å². The zero-order valence-electron chi connectivity index (χ0n) is 11.2. The van der Waals surface area contributed by atoms with Crippen LogP contribution in [-0.2, 0) is 0 Å². The summed E-state index contributed by atoms with van der Waals surface area (Å²) in [5.74, 6) is -1.81. The van der Waals surface area contributed by atoms with Gasteiger partial charge in [-0.3, -0.25) is 4.79 Å². The Hall–Kier alpha value is -2.23. The Balaban J connectivity index is 2.06. The molecule has 0 aliphatic rings. The summed E-state index contributed by atoms with van der Waals surface area (Å²) in [5, 5.41) is 0. The average molecular weight is 276 g/mol. The smallest absolute Gasteiger partial charge is 0.200 e. The van der Waals surface area contributed by atoms with Gasteiger partial charge in [0.25, 0.3) is 0 Å². The lowest BCUT2D eigenvalue weighted by Crippen LogP contribution is -2.12. The van der Waals surface area contributed by atoms with Gasteiger partial charge in [0.05, 0.1) is 0 Å². The van der Waals surface area contributed by atoms with E-state index in [0.29, 0.717) is 5.75 Å². The number of Topliss-reactive ketones (excluding diaryl/α,β-unsaturated/α-hetero) is 1. The first-order chi connectivity index (χ1) is 9.47. The van der Waals surface area contributed by atoms with Gasteiger partial charge in [-0.05, 0) is 43.7 Å². The molecule has 0 N–H and O–H groups in total. The first-order valence-electron chi connectivity index (χ1n) is 6.15. The van der Waals surface area contributed by atoms with Crippen LogP contribution in [0.4, 0.5) is 8.78 Å². The first-order valence-corrected chi connectivity index (χ1v) is 6.15. The number of carbonyl (C=O) groups excluding carboxylic acids is 1. The van der Waals surface area contributed by atoms with Crippen molar-refractivity contribution in [3.05, 3.63) is 64.7 Å². The average Bonchev–Trinajstić information content (AvgIpc) is 2.40. The van der Waals surface area contributed by atoms with E-state index in [9.17, 15) is 13.6 Å². The van der Waals surface area contributed by atoms with Crippen LogP contribution in [0.15, 0.2) is 36.4 Å². The molecule has 2 aromatic carbocycles. The second-order valence-corrected chi connectivity index (χ2v) is 4.61. The number of aryl methyl sites for hydroxylation is 2. The lowest BCUT2D eigenvalue weighted by molar-refractivity contribution is 0.0920. The zero-order valence-corrected chi connectivity index (χ0v) is 11.2. The maximum absolute atomic E-state index is 13.0. The highest BCUT2D eigenvalue weighted by atomic mass is 19.2. The van der Waals surface area contributed by atoms with Crippen molar-refractivity contribution in [2.45, 2.75) is 13.8 Å². The fourth-order valence-electron chi connectivity index (χ4n) is 1.86. The highest BCUT2D eigenvalue weighted by molar-refractivity contribution is 5.97. The van der Waals surface area contributed by atoms with Gasteiger partial charge in [-0.1, -0.05) is 17.7 Å². The molecule has 104 valence electrons. The van der Waals surface area contributed by atoms with E-state index in [1.807, 2.05) is 26.0 Å². The topological polar surface area (TPSA) is 26.3 Å². The van der Waals surface area contributed by atoms with Gasteiger partial charge in [0, 0.05) is 5.56 Å². The third kappa shape index (κ3) is 3.20. The molecule has 4 heteroatoms. The molecule has 2 nitrogen and oxygen atoms in total. The lowest BCUT2D eigenvalue weighted by atomic mass is 10.1. The Labute approximate surface area is 116 Å². The van der Waals surface area contributed by atoms with E-state index >= 15 is 0 Å². The second kappa shape index (κ2) is 5.82. The van der Waals surface area contributed by atoms with Gasteiger partial charge in [-0.15, -0.1) is 0 Å². The number of hydrogen-bond donors (Lipinski definition) is 0. The van der Waals surface area contributed by atoms with Crippen molar-refractivity contribution in [3.8, 4) is 5.75 Å². The van der Waals surface area contributed by atoms with E-state index < -0.39 is 17.4 Å². The predicted molar refractivity (Wildman–Crippen MR) is 72.1 cm³/mol. The van der Waals surface area contributed by atoms with Gasteiger partial charge in [-0.2, -0.15) is 0 Å². The van der Waals surface area contributed by atoms with Crippen molar-refractivity contribution in [1.29, 1.82) is 0 Å². The zero-order chi connectivity index (χ0) is 14.7. The highest BCUT2D eigenvalue weighted by Gasteiger charge is 2.11. The van der Waals surface area contributed by atoms with Crippen LogP contribution < -0.4 is 4.74 Å². The summed E-state index contributed by atoms with van der Waals surface area (Å²) in [4.78, 5) is 11.8. The van der Waals surface area contributed by atoms with E-state index in [0.717, 1.165) is 23.3 Å². The molecule has 0 bridgehead atoms. The molecule has 0 saturated heterocycles. The maximum atomic E-state index is 13.0. The van der Waals surface area contributed by atoms with Crippen molar-refractivity contribution in [2.75, 3.05) is 6.61 Å². The number of halogens is 2. The predicted octanol–water partition coefficient (Wildman–Crippen LogP) is 3.84. The normalized spacial score (nSPS) is 10.4. The molecule has 0 radical (unpaired) electrons. The summed E-state index contributed by atoms with van der Waals surface area (Å²) in [5.41, 5.74) is 2.11. The monoisotopic (exact) mass is 276 g/mol. The van der Waals surface area contributed by atoms with E-state index in [1.165, 1.54) is 6.07 Å². The molecule has 2 rings (SSSR count). The van der Waals surface area contributed by atoms with E-state index in [1.54, 1.807) is 6.07 Å². The molecule has 0 unspecified atom stereocenters. The molecule has 0 fully saturated rings. The molecule has 0 aliphatic carbocycles. The molecule has 0 heterocycles. The summed E-state index contributed by atoms with van der Waals surface area (Å²) in [6.07, 6.45) is 0. The Bertz CT molecular complexity index is 651. The van der Waals surface area contributed by atoms with Crippen molar-refractivity contribution in [2.24, 2.45) is 0 Å². The Morgan fingerprint density at radius 1 is 1.05 bits per heavy atom. The van der Waals surface area contributed by atoms with Gasteiger partial charge < -0.3 is 4.74 Å². The third-order valence-corrected chi connectivity index (χ3v) is 2.93. The fourth-order valence-corrected chi connectivity index (χ4v) is 1.86. The van der Waals surface area contributed by atoms with Gasteiger partial charge in [0.1, 0.15) is 5.75 Å². The number of ether oxygens (including phenoxy) is 1. The maximum Gasteiger partial charge on any atom is 0.200 e. The standard InChI is InChI=1S/C16H14F2O2/c1-10-3-6-16(11(2)7-10)20-9-15(19)12-4-5-13(17)14(18)8-12/h3-8H,9H2,1-2H3. The molecule has 0 aromatic heterocycles. The van der Waals surface area contributed by atoms with Gasteiger partial charge >= 0.3 is 0 Å². The van der Waals surface area contributed by atoms with Crippen LogP contribution >= 0.6 is 0 Å². The molecule has 20 heavy (non-hydrogen) atoms. The molecular formula is C16H14F2O2. The van der Waals surface area contributed by atoms with Crippen LogP contribution in [0.25, 0.3) is 0 Å². The minimum Gasteiger partial charge on any atom is -0.485 e. The van der Waals surface area contributed by atoms with Crippen LogP contribution in [0, 0.1) is 25.5 Å². The van der Waals surface area contributed by atoms with Crippen LogP contribution in [0.5, 0.6) is 5.75 Å². The molecular weight excluding hydrogens is 262 g/mol. The molecule has 2 aromatic rings. The van der Waals surface area contributed by atoms with Crippen LogP contribution in [0.1, 0.15) is 21.5 Å². The summed E-state index contributed by atoms with van der Waals surface area (Å²) in [6.45, 7) is 3.63. The van der Waals surface area contributed by atoms with Gasteiger partial charge in [-0.25, -0.2) is 8.78 Å². The second-order valence-electron chi connectivity index (χ2n) is 4.61. The minimum atomic E-state index is -1.04. The third-order valence-electron chi connectivity index (χ3n) is 2.93. The van der Waals surface area contributed by atoms with Crippen LogP contribution in [-0.4, -0.2) is 12.4 Å². The molecule has 0 amide bonds. The van der Waals surface area contributed by atoms with Crippen molar-refractivity contribution in [3.63, 3.8) is 0 Å². The van der Waals surface area contributed by atoms with Gasteiger partial charge in [0.2, 0.25) is 0 Å². The fraction of sp³-hybridized carbons (Fsp3) is 0.188. The van der Waals surface area contributed by atoms with Gasteiger partial charge in [0.15, 0.2) is 24.0 Å². The Morgan fingerprint density at radius 2 is 1.80 bits per heavy atom. The number of rotatable bonds is 4. The summed E-state index contributed by atoms with van der Waals surface area (Å²) < 4.78 is 31.2. The van der Waals surface area contributed by atoms with Crippen molar-refractivity contribution >= 4 is 5.78 Å². The summed E-state index contributed by atoms with van der Waals surface area (Å²) >= 11 is 0. The van der Waals surface area contributed by atoms with Crippen molar-refractivity contribution in [1.82, 2.24) is 0 Å². The van der Waals surface area contributed by atoms with Crippen molar-refractivity contribution < 1.29 is 18.3 Å². The molecule has 0 spiro atoms. The SMILES string of the molecule is Cc1ccc(OCC(=O)c2ccc(F)c(F)c2)c(C)c1. The Morgan fingerprint density at radius 3 is 2.45 bits per heavy atom. The van der Waals surface area contributed by atoms with E-state index in [2.05, 4.69) is 0 Å². The Kier molecular flexibility index (Phi) is 4.13. The van der Waals surface area contributed by atoms with E-state index in [-0.39, 0.29) is 12.2 Å². The number of benzene rings is 2. The molecule has 0 saturated carbocycles. The lowest BCUT2D eigenvalue weighted by Gasteiger charge is -2.09. The number of carbonyl (C=O) groups is 1. The number of ketones is 1. The minimum absolute atomic E-state index is 0.0914. The summed E-state index contributed by atoms with van der Waals surface area (Å²) in [7, 11) is 0. The quantitative estimate of drug-likeness (QED) is 0.793.